The molecule has 280 valence electrons. The van der Waals surface area contributed by atoms with Crippen LogP contribution in [0.2, 0.25) is 0 Å². The van der Waals surface area contributed by atoms with Gasteiger partial charge in [-0.25, -0.2) is 9.97 Å². The summed E-state index contributed by atoms with van der Waals surface area (Å²) in [6, 6.07) is 67.9. The van der Waals surface area contributed by atoms with Crippen molar-refractivity contribution in [3.63, 3.8) is 0 Å². The summed E-state index contributed by atoms with van der Waals surface area (Å²) >= 11 is 3.70. The molecule has 0 saturated heterocycles. The van der Waals surface area contributed by atoms with Gasteiger partial charge in [0.25, 0.3) is 0 Å². The smallest absolute Gasteiger partial charge is 0.161 e. The molecule has 0 amide bonds. The fourth-order valence-corrected chi connectivity index (χ4v) is 10.8. The fraction of sp³-hybridized carbons (Fsp3) is 0. The lowest BCUT2D eigenvalue weighted by molar-refractivity contribution is 1.19. The molecule has 0 spiro atoms. The molecule has 0 aliphatic rings. The quantitative estimate of drug-likeness (QED) is 0.168. The van der Waals surface area contributed by atoms with Gasteiger partial charge in [0.2, 0.25) is 0 Å². The van der Waals surface area contributed by atoms with Crippen molar-refractivity contribution in [3.05, 3.63) is 200 Å². The van der Waals surface area contributed by atoms with Crippen LogP contribution < -0.4 is 0 Å². The molecule has 0 fully saturated rings. The highest BCUT2D eigenvalue weighted by Gasteiger charge is 2.17. The second-order valence-corrected chi connectivity index (χ2v) is 17.4. The largest absolute Gasteiger partial charge is 0.264 e. The molecule has 0 aliphatic heterocycles. The number of rotatable bonds is 6. The molecule has 0 unspecified atom stereocenters. The molecule has 0 saturated carbocycles. The Kier molecular flexibility index (Phi) is 8.22. The Morgan fingerprint density at radius 1 is 0.317 bits per heavy atom. The molecule has 12 aromatic rings. The monoisotopic (exact) mass is 799 g/mol. The van der Waals surface area contributed by atoms with E-state index in [9.17, 15) is 0 Å². The van der Waals surface area contributed by atoms with Crippen LogP contribution in [0.4, 0.5) is 0 Å². The summed E-state index contributed by atoms with van der Waals surface area (Å²) in [6.07, 6.45) is 3.72. The van der Waals surface area contributed by atoms with E-state index < -0.39 is 0 Å². The zero-order valence-electron chi connectivity index (χ0n) is 32.2. The van der Waals surface area contributed by atoms with Crippen molar-refractivity contribution < 1.29 is 0 Å². The van der Waals surface area contributed by atoms with E-state index in [1.54, 1.807) is 0 Å². The molecule has 8 aromatic carbocycles. The Balaban J connectivity index is 1.10. The Morgan fingerprint density at radius 2 is 0.833 bits per heavy atom. The van der Waals surface area contributed by atoms with E-state index in [1.807, 2.05) is 41.1 Å². The van der Waals surface area contributed by atoms with Crippen molar-refractivity contribution in [2.45, 2.75) is 0 Å². The number of fused-ring (bicyclic) bond motifs is 7. The van der Waals surface area contributed by atoms with Crippen molar-refractivity contribution in [1.29, 1.82) is 0 Å². The number of benzene rings is 8. The van der Waals surface area contributed by atoms with E-state index in [0.717, 1.165) is 61.1 Å². The topological polar surface area (TPSA) is 38.7 Å². The lowest BCUT2D eigenvalue weighted by Crippen LogP contribution is -1.97. The zero-order chi connectivity index (χ0) is 39.6. The van der Waals surface area contributed by atoms with Crippen LogP contribution in [0.1, 0.15) is 0 Å². The van der Waals surface area contributed by atoms with Gasteiger partial charge in [-0.1, -0.05) is 115 Å². The molecule has 5 heteroatoms. The third kappa shape index (κ3) is 6.06. The van der Waals surface area contributed by atoms with Crippen LogP contribution in [0.25, 0.3) is 118 Å². The van der Waals surface area contributed by atoms with Crippen molar-refractivity contribution in [1.82, 2.24) is 15.0 Å². The van der Waals surface area contributed by atoms with E-state index in [0.29, 0.717) is 5.82 Å². The molecular weight excluding hydrogens is 767 g/mol. The second-order valence-electron chi connectivity index (χ2n) is 15.2. The van der Waals surface area contributed by atoms with Gasteiger partial charge < -0.3 is 0 Å². The summed E-state index contributed by atoms with van der Waals surface area (Å²) < 4.78 is 5.19. The highest BCUT2D eigenvalue weighted by molar-refractivity contribution is 7.26. The van der Waals surface area contributed by atoms with Crippen molar-refractivity contribution in [2.24, 2.45) is 0 Å². The minimum absolute atomic E-state index is 0.690. The minimum atomic E-state index is 0.690. The van der Waals surface area contributed by atoms with Crippen LogP contribution >= 0.6 is 22.7 Å². The maximum atomic E-state index is 5.45. The average molecular weight is 800 g/mol. The zero-order valence-corrected chi connectivity index (χ0v) is 33.8. The van der Waals surface area contributed by atoms with Gasteiger partial charge in [-0.2, -0.15) is 0 Å². The Labute approximate surface area is 354 Å². The third-order valence-electron chi connectivity index (χ3n) is 11.6. The van der Waals surface area contributed by atoms with Crippen molar-refractivity contribution in [3.8, 4) is 67.3 Å². The molecule has 0 aliphatic carbocycles. The molecule has 0 radical (unpaired) electrons. The lowest BCUT2D eigenvalue weighted by Gasteiger charge is -2.14. The molecule has 0 bridgehead atoms. The van der Waals surface area contributed by atoms with Gasteiger partial charge >= 0.3 is 0 Å². The number of nitrogens with zero attached hydrogens (tertiary/aromatic N) is 3. The van der Waals surface area contributed by atoms with Crippen LogP contribution in [0.3, 0.4) is 0 Å². The van der Waals surface area contributed by atoms with Gasteiger partial charge in [-0.3, -0.25) is 4.98 Å². The van der Waals surface area contributed by atoms with Gasteiger partial charge in [0, 0.05) is 75.0 Å². The first-order chi connectivity index (χ1) is 29.7. The molecule has 3 nitrogen and oxygen atoms in total. The van der Waals surface area contributed by atoms with Crippen LogP contribution in [0, 0.1) is 0 Å². The molecule has 4 aromatic heterocycles. The molecular formula is C55H33N3S2. The maximum Gasteiger partial charge on any atom is 0.161 e. The van der Waals surface area contributed by atoms with E-state index in [2.05, 4.69) is 187 Å². The predicted octanol–water partition coefficient (Wildman–Crippen LogP) is 15.8. The summed E-state index contributed by atoms with van der Waals surface area (Å²) in [6.45, 7) is 0. The molecule has 0 N–H and O–H groups in total. The van der Waals surface area contributed by atoms with Gasteiger partial charge in [-0.05, 0) is 111 Å². The molecule has 60 heavy (non-hydrogen) atoms. The second kappa shape index (κ2) is 14.2. The summed E-state index contributed by atoms with van der Waals surface area (Å²) in [4.78, 5) is 15.2. The summed E-state index contributed by atoms with van der Waals surface area (Å²) in [5.74, 6) is 0.690. The first-order valence-electron chi connectivity index (χ1n) is 20.1. The molecule has 12 rings (SSSR count). The van der Waals surface area contributed by atoms with Crippen molar-refractivity contribution >= 4 is 73.8 Å². The number of pyridine rings is 1. The first-order valence-corrected chi connectivity index (χ1v) is 21.7. The van der Waals surface area contributed by atoms with Crippen LogP contribution in [-0.2, 0) is 0 Å². The Bertz CT molecular complexity index is 3480. The standard InChI is InChI=1S/C55H33N3S2/c1-2-15-43-34(10-1)11-8-18-46(43)55-57-49(38-13-7-12-35(26-38)39-14-9-25-56-33-39)32-50(58-55)42-28-40(36-21-23-53-47(30-36)44-16-3-5-19-51(44)59-53)27-41(29-42)37-22-24-54-48(31-37)45-17-4-6-20-52(45)60-54/h1-33H. The number of hydrogen-bond donors (Lipinski definition) is 0. The minimum Gasteiger partial charge on any atom is -0.264 e. The number of thiophene rings is 2. The average Bonchev–Trinajstić information content (AvgIpc) is 3.89. The van der Waals surface area contributed by atoms with E-state index >= 15 is 0 Å². The summed E-state index contributed by atoms with van der Waals surface area (Å²) in [7, 11) is 0. The van der Waals surface area contributed by atoms with Crippen molar-refractivity contribution in [2.75, 3.05) is 0 Å². The normalized spacial score (nSPS) is 11.7. The highest BCUT2D eigenvalue weighted by atomic mass is 32.1. The Morgan fingerprint density at radius 3 is 1.52 bits per heavy atom. The van der Waals surface area contributed by atoms with Gasteiger partial charge in [-0.15, -0.1) is 22.7 Å². The van der Waals surface area contributed by atoms with E-state index in [-0.39, 0.29) is 0 Å². The lowest BCUT2D eigenvalue weighted by atomic mass is 9.93. The van der Waals surface area contributed by atoms with E-state index in [4.69, 9.17) is 9.97 Å². The van der Waals surface area contributed by atoms with Crippen LogP contribution in [-0.4, -0.2) is 15.0 Å². The third-order valence-corrected chi connectivity index (χ3v) is 13.9. The molecule has 4 heterocycles. The number of hydrogen-bond acceptors (Lipinski definition) is 5. The van der Waals surface area contributed by atoms with Gasteiger partial charge in [0.15, 0.2) is 5.82 Å². The SMILES string of the molecule is c1cncc(-c2cccc(-c3cc(-c4cc(-c5ccc6sc7ccccc7c6c5)cc(-c5ccc6sc7ccccc7c6c5)c4)nc(-c4cccc5ccccc45)n3)c2)c1. The van der Waals surface area contributed by atoms with Gasteiger partial charge in [0.05, 0.1) is 11.4 Å². The summed E-state index contributed by atoms with van der Waals surface area (Å²) in [5.41, 5.74) is 11.5. The summed E-state index contributed by atoms with van der Waals surface area (Å²) in [5, 5.41) is 7.42. The maximum absolute atomic E-state index is 5.45. The van der Waals surface area contributed by atoms with Gasteiger partial charge in [0.1, 0.15) is 0 Å². The predicted molar refractivity (Wildman–Crippen MR) is 256 cm³/mol. The van der Waals surface area contributed by atoms with Crippen LogP contribution in [0.15, 0.2) is 200 Å². The molecule has 0 atom stereocenters. The number of aromatic nitrogens is 3. The van der Waals surface area contributed by atoms with Crippen LogP contribution in [0.5, 0.6) is 0 Å². The van der Waals surface area contributed by atoms with E-state index in [1.165, 1.54) is 51.5 Å². The first kappa shape index (κ1) is 34.7. The highest BCUT2D eigenvalue weighted by Crippen LogP contribution is 2.41. The Hall–Kier alpha value is -7.31. The fourth-order valence-electron chi connectivity index (χ4n) is 8.60.